The average molecular weight is 364 g/mol. The van der Waals surface area contributed by atoms with Crippen LogP contribution in [0.15, 0.2) is 53.5 Å². The molecule has 1 spiro atoms. The van der Waals surface area contributed by atoms with Gasteiger partial charge in [0.2, 0.25) is 5.95 Å². The van der Waals surface area contributed by atoms with E-state index in [1.807, 2.05) is 30.3 Å². The zero-order chi connectivity index (χ0) is 18.4. The number of nitrogens with zero attached hydrogens (tertiary/aromatic N) is 4. The summed E-state index contributed by atoms with van der Waals surface area (Å²) >= 11 is 0. The number of fused-ring (bicyclic) bond motifs is 4. The van der Waals surface area contributed by atoms with Crippen LogP contribution in [0.2, 0.25) is 0 Å². The van der Waals surface area contributed by atoms with Gasteiger partial charge in [0.1, 0.15) is 11.5 Å². The lowest BCUT2D eigenvalue weighted by Gasteiger charge is -2.42. The number of aliphatic imine (C=N–C) groups is 1. The maximum Gasteiger partial charge on any atom is 0.212 e. The zero-order valence-electron chi connectivity index (χ0n) is 14.9. The van der Waals surface area contributed by atoms with Crippen molar-refractivity contribution in [3.05, 3.63) is 59.9 Å². The number of nitrogens with one attached hydrogen (secondary N) is 1. The monoisotopic (exact) mass is 364 g/mol. The number of anilines is 1. The van der Waals surface area contributed by atoms with Crippen LogP contribution in [0.1, 0.15) is 18.4 Å². The number of nitrogens with two attached hydrogens (primary N) is 1. The number of imidazole rings is 1. The van der Waals surface area contributed by atoms with Gasteiger partial charge >= 0.3 is 0 Å². The van der Waals surface area contributed by atoms with Crippen LogP contribution >= 0.6 is 0 Å². The van der Waals surface area contributed by atoms with Crippen molar-refractivity contribution < 1.29 is 4.39 Å². The van der Waals surface area contributed by atoms with Gasteiger partial charge < -0.3 is 5.73 Å². The van der Waals surface area contributed by atoms with Crippen molar-refractivity contribution in [1.29, 1.82) is 0 Å². The Balaban J connectivity index is 1.43. The molecule has 27 heavy (non-hydrogen) atoms. The molecule has 1 fully saturated rings. The highest BCUT2D eigenvalue weighted by Gasteiger charge is 2.41. The third-order valence-corrected chi connectivity index (χ3v) is 5.52. The summed E-state index contributed by atoms with van der Waals surface area (Å²) in [5.41, 5.74) is 8.82. The molecule has 0 aliphatic carbocycles. The summed E-state index contributed by atoms with van der Waals surface area (Å²) in [5.74, 6) is 0.982. The van der Waals surface area contributed by atoms with Gasteiger partial charge in [0.05, 0.1) is 11.0 Å². The predicted molar refractivity (Wildman–Crippen MR) is 104 cm³/mol. The molecule has 0 unspecified atom stereocenters. The van der Waals surface area contributed by atoms with Gasteiger partial charge in [-0.25, -0.2) is 14.4 Å². The summed E-state index contributed by atoms with van der Waals surface area (Å²) in [7, 11) is 0. The van der Waals surface area contributed by atoms with Crippen molar-refractivity contribution in [2.45, 2.75) is 25.0 Å². The number of hydrogen-bond donors (Lipinski definition) is 2. The lowest BCUT2D eigenvalue weighted by atomic mass is 9.95. The summed E-state index contributed by atoms with van der Waals surface area (Å²) in [4.78, 5) is 11.9. The molecule has 2 aromatic carbocycles. The van der Waals surface area contributed by atoms with Crippen LogP contribution in [0.4, 0.5) is 10.3 Å². The smallest absolute Gasteiger partial charge is 0.212 e. The van der Waals surface area contributed by atoms with E-state index in [1.54, 1.807) is 0 Å². The van der Waals surface area contributed by atoms with Crippen LogP contribution < -0.4 is 11.1 Å². The number of aromatic nitrogens is 2. The Bertz CT molecular complexity index is 1010. The van der Waals surface area contributed by atoms with Gasteiger partial charge in [0.15, 0.2) is 5.96 Å². The molecular formula is C20H21FN6. The number of rotatable bonds is 2. The highest BCUT2D eigenvalue weighted by atomic mass is 19.1. The Kier molecular flexibility index (Phi) is 3.65. The van der Waals surface area contributed by atoms with Crippen molar-refractivity contribution in [1.82, 2.24) is 14.5 Å². The van der Waals surface area contributed by atoms with Gasteiger partial charge in [-0.3, -0.25) is 14.8 Å². The normalized spacial score (nSPS) is 18.9. The first kappa shape index (κ1) is 16.3. The summed E-state index contributed by atoms with van der Waals surface area (Å²) in [6, 6.07) is 14.8. The zero-order valence-corrected chi connectivity index (χ0v) is 14.9. The van der Waals surface area contributed by atoms with E-state index in [9.17, 15) is 4.39 Å². The molecule has 2 aliphatic heterocycles. The van der Waals surface area contributed by atoms with E-state index < -0.39 is 5.66 Å². The summed E-state index contributed by atoms with van der Waals surface area (Å²) < 4.78 is 15.3. The Morgan fingerprint density at radius 1 is 1.07 bits per heavy atom. The molecule has 6 nitrogen and oxygen atoms in total. The lowest BCUT2D eigenvalue weighted by Crippen LogP contribution is -2.49. The van der Waals surface area contributed by atoms with Crippen molar-refractivity contribution in [3.63, 3.8) is 0 Å². The molecule has 3 heterocycles. The molecule has 1 saturated heterocycles. The third-order valence-electron chi connectivity index (χ3n) is 5.52. The number of likely N-dealkylation sites (tertiary alicyclic amines) is 1. The first-order valence-electron chi connectivity index (χ1n) is 9.20. The Hall–Kier alpha value is -2.93. The largest absolute Gasteiger partial charge is 0.370 e. The van der Waals surface area contributed by atoms with Crippen LogP contribution in [-0.2, 0) is 12.2 Å². The van der Waals surface area contributed by atoms with Crippen molar-refractivity contribution in [3.8, 4) is 0 Å². The maximum absolute atomic E-state index is 13.1. The molecule has 0 bridgehead atoms. The molecule has 3 N–H and O–H groups in total. The Morgan fingerprint density at radius 2 is 1.81 bits per heavy atom. The van der Waals surface area contributed by atoms with Crippen molar-refractivity contribution >= 4 is 22.9 Å². The number of benzene rings is 2. The molecule has 0 radical (unpaired) electrons. The molecule has 7 heteroatoms. The molecule has 0 amide bonds. The number of halogens is 1. The standard InChI is InChI=1S/C20H21FN6/c21-15-7-5-14(6-8-15)13-26-11-9-20(10-12-26)25-18(22)24-19-23-16-3-1-2-4-17(16)27(19)20/h1-8H,9-13H2,(H3,22,23,24,25). The molecule has 1 aromatic heterocycles. The summed E-state index contributed by atoms with van der Waals surface area (Å²) in [5, 5.41) is 3.11. The first-order valence-corrected chi connectivity index (χ1v) is 9.20. The minimum atomic E-state index is -0.403. The second-order valence-electron chi connectivity index (χ2n) is 7.27. The SMILES string of the molecule is NC1=NC2(CCN(Cc3ccc(F)cc3)CC2)n2c(nc3ccccc32)N1. The Labute approximate surface area is 156 Å². The highest BCUT2D eigenvalue weighted by molar-refractivity contribution is 5.94. The molecule has 0 saturated carbocycles. The lowest BCUT2D eigenvalue weighted by molar-refractivity contribution is 0.114. The molecule has 5 rings (SSSR count). The fourth-order valence-electron chi connectivity index (χ4n) is 4.20. The highest BCUT2D eigenvalue weighted by Crippen LogP contribution is 2.39. The second kappa shape index (κ2) is 6.06. The van der Waals surface area contributed by atoms with Crippen LogP contribution in [-0.4, -0.2) is 33.5 Å². The number of hydrogen-bond acceptors (Lipinski definition) is 5. The van der Waals surface area contributed by atoms with Crippen molar-refractivity contribution in [2.75, 3.05) is 18.4 Å². The van der Waals surface area contributed by atoms with E-state index in [0.717, 1.165) is 55.0 Å². The number of para-hydroxylation sites is 2. The molecular weight excluding hydrogens is 343 g/mol. The van der Waals surface area contributed by atoms with Gasteiger partial charge in [-0.05, 0) is 29.8 Å². The fourth-order valence-corrected chi connectivity index (χ4v) is 4.20. The van der Waals surface area contributed by atoms with Crippen molar-refractivity contribution in [2.24, 2.45) is 10.7 Å². The third kappa shape index (κ3) is 2.75. The van der Waals surface area contributed by atoms with Gasteiger partial charge in [-0.15, -0.1) is 0 Å². The van der Waals surface area contributed by atoms with E-state index in [0.29, 0.717) is 5.96 Å². The minimum absolute atomic E-state index is 0.199. The van der Waals surface area contributed by atoms with E-state index in [2.05, 4.69) is 20.9 Å². The van der Waals surface area contributed by atoms with Crippen LogP contribution in [0.5, 0.6) is 0 Å². The van der Waals surface area contributed by atoms with Crippen LogP contribution in [0.25, 0.3) is 11.0 Å². The molecule has 2 aliphatic rings. The topological polar surface area (TPSA) is 71.5 Å². The van der Waals surface area contributed by atoms with Crippen LogP contribution in [0.3, 0.4) is 0 Å². The fraction of sp³-hybridized carbons (Fsp3) is 0.300. The summed E-state index contributed by atoms with van der Waals surface area (Å²) in [6.45, 7) is 2.59. The Morgan fingerprint density at radius 3 is 2.59 bits per heavy atom. The van der Waals surface area contributed by atoms with E-state index in [4.69, 9.17) is 15.7 Å². The van der Waals surface area contributed by atoms with E-state index >= 15 is 0 Å². The molecule has 138 valence electrons. The number of guanidine groups is 1. The maximum atomic E-state index is 13.1. The summed E-state index contributed by atoms with van der Waals surface area (Å²) in [6.07, 6.45) is 1.70. The predicted octanol–water partition coefficient (Wildman–Crippen LogP) is 2.86. The average Bonchev–Trinajstić information content (AvgIpc) is 3.04. The molecule has 3 aromatic rings. The van der Waals surface area contributed by atoms with Gasteiger partial charge in [-0.1, -0.05) is 24.3 Å². The van der Waals surface area contributed by atoms with Crippen LogP contribution in [0, 0.1) is 5.82 Å². The second-order valence-corrected chi connectivity index (χ2v) is 7.27. The van der Waals surface area contributed by atoms with Gasteiger partial charge in [0, 0.05) is 32.5 Å². The first-order chi connectivity index (χ1) is 13.1. The quantitative estimate of drug-likeness (QED) is 0.734. The molecule has 0 atom stereocenters. The minimum Gasteiger partial charge on any atom is -0.370 e. The van der Waals surface area contributed by atoms with Gasteiger partial charge in [-0.2, -0.15) is 0 Å². The van der Waals surface area contributed by atoms with E-state index in [1.165, 1.54) is 12.1 Å². The van der Waals surface area contributed by atoms with Gasteiger partial charge in [0.25, 0.3) is 0 Å². The van der Waals surface area contributed by atoms with E-state index in [-0.39, 0.29) is 5.82 Å². The number of piperidine rings is 1.